The smallest absolute Gasteiger partial charge is 0.130 e. The van der Waals surface area contributed by atoms with Crippen LogP contribution >= 0.6 is 11.8 Å². The maximum atomic E-state index is 9.69. The summed E-state index contributed by atoms with van der Waals surface area (Å²) in [6.07, 6.45) is -0.690. The summed E-state index contributed by atoms with van der Waals surface area (Å²) in [6.45, 7) is 1.03. The van der Waals surface area contributed by atoms with Gasteiger partial charge in [0.25, 0.3) is 0 Å². The van der Waals surface area contributed by atoms with Gasteiger partial charge >= 0.3 is 0 Å². The minimum Gasteiger partial charge on any atom is -0.393 e. The normalized spacial score (nSPS) is 63.4. The van der Waals surface area contributed by atoms with Gasteiger partial charge in [0.15, 0.2) is 0 Å². The van der Waals surface area contributed by atoms with Crippen LogP contribution in [0, 0.1) is 0 Å². The number of aliphatic hydroxyl groups excluding tert-OH is 2. The zero-order valence-electron chi connectivity index (χ0n) is 7.23. The predicted octanol–water partition coefficient (Wildman–Crippen LogP) is -0.388. The van der Waals surface area contributed by atoms with Crippen LogP contribution in [0.3, 0.4) is 0 Å². The van der Waals surface area contributed by atoms with Gasteiger partial charge in [-0.15, -0.1) is 11.8 Å². The highest BCUT2D eigenvalue weighted by atomic mass is 32.2. The second-order valence-electron chi connectivity index (χ2n) is 3.05. The van der Waals surface area contributed by atoms with Crippen LogP contribution in [0.5, 0.6) is 0 Å². The van der Waals surface area contributed by atoms with E-state index in [1.54, 1.807) is 0 Å². The molecule has 2 saturated heterocycles. The van der Waals surface area contributed by atoms with E-state index in [0.717, 1.165) is 0 Å². The number of thioether (sulfide) groups is 1. The van der Waals surface area contributed by atoms with Gasteiger partial charge < -0.3 is 14.9 Å². The molecule has 2 rings (SSSR count). The molecule has 0 aromatic rings. The Morgan fingerprint density at radius 1 is 1.91 bits per heavy atom. The number of fused-ring (bicyclic) bond motifs is 2. The number of rotatable bonds is 1. The maximum absolute atomic E-state index is 9.69. The molecular weight excluding hydrogens is 164 g/mol. The second kappa shape index (κ2) is 2.36. The minimum absolute atomic E-state index is 0.0732. The minimum atomic E-state index is -0.873. The van der Waals surface area contributed by atoms with E-state index in [4.69, 9.17) is 11.2 Å². The lowest BCUT2D eigenvalue weighted by atomic mass is 9.95. The standard InChI is InChI=1S/C7H12O3S/c1-4-7(3-8)6(9)5(11-4)2-10-7/h4-6,8-9H,2-3H2,1H3/t4-,5+,6+,7+/m1/s1/i2T/t2-,4+,5-,6-,7-/m0. The van der Waals surface area contributed by atoms with E-state index in [1.165, 1.54) is 11.8 Å². The molecule has 2 aliphatic rings. The van der Waals surface area contributed by atoms with Gasteiger partial charge in [-0.2, -0.15) is 0 Å². The lowest BCUT2D eigenvalue weighted by molar-refractivity contribution is -0.0855. The van der Waals surface area contributed by atoms with Crippen LogP contribution in [0.4, 0.5) is 0 Å². The van der Waals surface area contributed by atoms with Gasteiger partial charge in [0.05, 0.1) is 19.8 Å². The van der Waals surface area contributed by atoms with Crippen LogP contribution in [0.2, 0.25) is 0 Å². The molecule has 3 nitrogen and oxygen atoms in total. The van der Waals surface area contributed by atoms with Crippen molar-refractivity contribution in [2.45, 2.75) is 29.1 Å². The number of aliphatic hydroxyl groups is 2. The Morgan fingerprint density at radius 2 is 2.64 bits per heavy atom. The van der Waals surface area contributed by atoms with E-state index < -0.39 is 18.3 Å². The van der Waals surface area contributed by atoms with E-state index in [1.807, 2.05) is 6.92 Å². The molecule has 2 bridgehead atoms. The molecule has 0 aromatic heterocycles. The first-order valence-corrected chi connectivity index (χ1v) is 4.60. The monoisotopic (exact) mass is 178 g/mol. The van der Waals surface area contributed by atoms with E-state index >= 15 is 0 Å². The van der Waals surface area contributed by atoms with E-state index in [-0.39, 0.29) is 17.1 Å². The average Bonchev–Trinajstić information content (AvgIpc) is 2.41. The number of hydrogen-bond acceptors (Lipinski definition) is 4. The molecule has 4 heteroatoms. The van der Waals surface area contributed by atoms with Crippen LogP contribution in [0.25, 0.3) is 0 Å². The largest absolute Gasteiger partial charge is 0.393 e. The quantitative estimate of drug-likeness (QED) is 0.574. The first-order valence-electron chi connectivity index (χ1n) is 4.24. The highest BCUT2D eigenvalue weighted by Gasteiger charge is 2.59. The molecule has 2 aliphatic heterocycles. The summed E-state index contributed by atoms with van der Waals surface area (Å²) >= 11 is 1.53. The fraction of sp³-hybridized carbons (Fsp3) is 1.00. The van der Waals surface area contributed by atoms with Crippen molar-refractivity contribution in [1.29, 1.82) is 0 Å². The fourth-order valence-electron chi connectivity index (χ4n) is 1.67. The lowest BCUT2D eigenvalue weighted by Gasteiger charge is -2.30. The predicted molar refractivity (Wildman–Crippen MR) is 42.6 cm³/mol. The van der Waals surface area contributed by atoms with Crippen molar-refractivity contribution in [2.24, 2.45) is 0 Å². The molecule has 0 aliphatic carbocycles. The van der Waals surface area contributed by atoms with Gasteiger partial charge in [-0.1, -0.05) is 6.92 Å². The number of ether oxygens (including phenoxy) is 1. The maximum Gasteiger partial charge on any atom is 0.130 e. The molecule has 0 amide bonds. The van der Waals surface area contributed by atoms with Crippen molar-refractivity contribution in [1.82, 2.24) is 0 Å². The van der Waals surface area contributed by atoms with Crippen molar-refractivity contribution < 1.29 is 16.3 Å². The summed E-state index contributed by atoms with van der Waals surface area (Å²) in [5.41, 5.74) is -0.873. The van der Waals surface area contributed by atoms with Crippen molar-refractivity contribution in [3.8, 4) is 0 Å². The lowest BCUT2D eigenvalue weighted by Crippen LogP contribution is -2.47. The van der Waals surface area contributed by atoms with Crippen LogP contribution in [-0.2, 0) is 4.74 Å². The van der Waals surface area contributed by atoms with Crippen LogP contribution < -0.4 is 0 Å². The van der Waals surface area contributed by atoms with Crippen molar-refractivity contribution in [3.63, 3.8) is 0 Å². The van der Waals surface area contributed by atoms with Crippen molar-refractivity contribution >= 4 is 11.8 Å². The van der Waals surface area contributed by atoms with Gasteiger partial charge in [0.2, 0.25) is 0 Å². The fourth-order valence-corrected chi connectivity index (χ4v) is 3.14. The van der Waals surface area contributed by atoms with Crippen LogP contribution in [0.1, 0.15) is 8.29 Å². The molecule has 2 N–H and O–H groups in total. The molecule has 64 valence electrons. The highest BCUT2D eigenvalue weighted by Crippen LogP contribution is 2.48. The van der Waals surface area contributed by atoms with Crippen molar-refractivity contribution in [2.75, 3.05) is 13.2 Å². The molecule has 5 atom stereocenters. The molecule has 2 heterocycles. The highest BCUT2D eigenvalue weighted by molar-refractivity contribution is 8.01. The summed E-state index contributed by atoms with van der Waals surface area (Å²) in [4.78, 5) is 0. The van der Waals surface area contributed by atoms with Crippen LogP contribution in [-0.4, -0.2) is 45.6 Å². The summed E-state index contributed by atoms with van der Waals surface area (Å²) in [6, 6.07) is 0. The molecule has 11 heavy (non-hydrogen) atoms. The molecular formula is C7H12O3S. The Kier molecular flexibility index (Phi) is 1.44. The third-order valence-corrected chi connectivity index (χ3v) is 4.02. The summed E-state index contributed by atoms with van der Waals surface area (Å²) in [5.74, 6) is 0. The molecule has 0 aromatic carbocycles. The summed E-state index contributed by atoms with van der Waals surface area (Å²) < 4.78 is 12.7. The third-order valence-electron chi connectivity index (χ3n) is 2.53. The first kappa shape index (κ1) is 6.71. The van der Waals surface area contributed by atoms with Crippen LogP contribution in [0.15, 0.2) is 0 Å². The van der Waals surface area contributed by atoms with E-state index in [0.29, 0.717) is 0 Å². The van der Waals surface area contributed by atoms with Gasteiger partial charge in [-0.3, -0.25) is 0 Å². The molecule has 0 unspecified atom stereocenters. The second-order valence-corrected chi connectivity index (χ2v) is 4.58. The Labute approximate surface area is 71.1 Å². The van der Waals surface area contributed by atoms with Gasteiger partial charge in [0, 0.05) is 5.25 Å². The zero-order valence-corrected chi connectivity index (χ0v) is 7.04. The molecule has 0 radical (unpaired) electrons. The van der Waals surface area contributed by atoms with Gasteiger partial charge in [-0.05, 0) is 0 Å². The Morgan fingerprint density at radius 3 is 3.00 bits per heavy atom. The van der Waals surface area contributed by atoms with E-state index in [2.05, 4.69) is 0 Å². The third kappa shape index (κ3) is 0.811. The SMILES string of the molecule is [3H][C@@H]1O[C@@]2(CO)[C@@H](C)S[C@@H]1[C@@H]2O. The van der Waals surface area contributed by atoms with Gasteiger partial charge in [-0.25, -0.2) is 0 Å². The van der Waals surface area contributed by atoms with Gasteiger partial charge in [0.1, 0.15) is 11.7 Å². The molecule has 0 spiro atoms. The average molecular weight is 178 g/mol. The Balaban J connectivity index is 2.30. The van der Waals surface area contributed by atoms with E-state index in [9.17, 15) is 5.11 Å². The Bertz CT molecular complexity index is 203. The topological polar surface area (TPSA) is 49.7 Å². The Hall–Kier alpha value is 0.230. The van der Waals surface area contributed by atoms with Crippen molar-refractivity contribution in [3.05, 3.63) is 0 Å². The zero-order chi connectivity index (χ0) is 8.93. The first-order chi connectivity index (χ1) is 5.62. The molecule has 0 saturated carbocycles. The summed E-state index contributed by atoms with van der Waals surface area (Å²) in [5, 5.41) is 18.7. The molecule has 2 fully saturated rings. The number of hydrogen-bond donors (Lipinski definition) is 2. The summed E-state index contributed by atoms with van der Waals surface area (Å²) in [7, 11) is 0.